The maximum Gasteiger partial charge on any atom is 0.139 e. The number of methoxy groups -OCH3 is 1. The fraction of sp³-hybridized carbons (Fsp3) is 0.500. The molecule has 0 aromatic carbocycles. The first-order valence-corrected chi connectivity index (χ1v) is 3.58. The molecule has 1 aromatic rings. The van der Waals surface area contributed by atoms with Crippen molar-refractivity contribution in [3.05, 3.63) is 18.0 Å². The minimum atomic E-state index is 0.974. The van der Waals surface area contributed by atoms with Crippen LogP contribution in [0.25, 0.3) is 0 Å². The highest BCUT2D eigenvalue weighted by Crippen LogP contribution is 2.17. The molecule has 10 heavy (non-hydrogen) atoms. The van der Waals surface area contributed by atoms with Gasteiger partial charge < -0.3 is 9.72 Å². The first-order valence-electron chi connectivity index (χ1n) is 3.58. The van der Waals surface area contributed by atoms with Crippen molar-refractivity contribution in [2.45, 2.75) is 19.8 Å². The molecule has 0 amide bonds. The van der Waals surface area contributed by atoms with Gasteiger partial charge >= 0.3 is 0 Å². The van der Waals surface area contributed by atoms with Crippen molar-refractivity contribution in [3.63, 3.8) is 0 Å². The predicted molar refractivity (Wildman–Crippen MR) is 41.3 cm³/mol. The topological polar surface area (TPSA) is 25.0 Å². The van der Waals surface area contributed by atoms with E-state index in [2.05, 4.69) is 11.9 Å². The van der Waals surface area contributed by atoms with E-state index in [9.17, 15) is 0 Å². The van der Waals surface area contributed by atoms with E-state index in [-0.39, 0.29) is 0 Å². The highest BCUT2D eigenvalue weighted by Gasteiger charge is 1.99. The lowest BCUT2D eigenvalue weighted by atomic mass is 10.2. The molecule has 1 aromatic heterocycles. The lowest BCUT2D eigenvalue weighted by molar-refractivity contribution is 0.410. The van der Waals surface area contributed by atoms with E-state index in [1.807, 2.05) is 12.4 Å². The maximum absolute atomic E-state index is 5.11. The minimum absolute atomic E-state index is 0.974. The summed E-state index contributed by atoms with van der Waals surface area (Å²) in [5.41, 5.74) is 1.27. The Kier molecular flexibility index (Phi) is 2.37. The Balaban J connectivity index is 2.70. The smallest absolute Gasteiger partial charge is 0.139 e. The van der Waals surface area contributed by atoms with Crippen molar-refractivity contribution in [2.75, 3.05) is 7.11 Å². The Morgan fingerprint density at radius 2 is 2.30 bits per heavy atom. The summed E-state index contributed by atoms with van der Waals surface area (Å²) in [6, 6.07) is 0. The normalized spacial score (nSPS) is 9.80. The van der Waals surface area contributed by atoms with Gasteiger partial charge in [-0.05, 0) is 6.42 Å². The first kappa shape index (κ1) is 7.19. The molecule has 0 fully saturated rings. The molecule has 0 saturated carbocycles. The van der Waals surface area contributed by atoms with Crippen LogP contribution in [0.3, 0.4) is 0 Å². The summed E-state index contributed by atoms with van der Waals surface area (Å²) in [5.74, 6) is 0.974. The predicted octanol–water partition coefficient (Wildman–Crippen LogP) is 1.98. The van der Waals surface area contributed by atoms with E-state index < -0.39 is 0 Å². The molecule has 0 bridgehead atoms. The number of nitrogens with one attached hydrogen (secondary N) is 1. The van der Waals surface area contributed by atoms with Gasteiger partial charge in [-0.15, -0.1) is 0 Å². The molecule has 1 heterocycles. The minimum Gasteiger partial charge on any atom is -0.495 e. The molecular formula is C8H13NO. The number of aryl methyl sites for hydroxylation is 1. The number of hydrogen-bond donors (Lipinski definition) is 1. The van der Waals surface area contributed by atoms with Gasteiger partial charge in [-0.1, -0.05) is 13.3 Å². The molecule has 2 nitrogen and oxygen atoms in total. The van der Waals surface area contributed by atoms with Crippen LogP contribution in [0, 0.1) is 0 Å². The summed E-state index contributed by atoms with van der Waals surface area (Å²) in [5, 5.41) is 0. The molecule has 1 rings (SSSR count). The van der Waals surface area contributed by atoms with Crippen molar-refractivity contribution >= 4 is 0 Å². The SMILES string of the molecule is CCCc1c[nH]cc1OC. The molecule has 0 saturated heterocycles. The van der Waals surface area contributed by atoms with Crippen LogP contribution >= 0.6 is 0 Å². The van der Waals surface area contributed by atoms with E-state index >= 15 is 0 Å². The van der Waals surface area contributed by atoms with Crippen molar-refractivity contribution in [2.24, 2.45) is 0 Å². The third kappa shape index (κ3) is 1.32. The molecule has 1 N–H and O–H groups in total. The number of H-pyrrole nitrogens is 1. The summed E-state index contributed by atoms with van der Waals surface area (Å²) in [6.07, 6.45) is 6.12. The number of hydrogen-bond acceptors (Lipinski definition) is 1. The Morgan fingerprint density at radius 3 is 2.90 bits per heavy atom. The zero-order valence-electron chi connectivity index (χ0n) is 6.48. The van der Waals surface area contributed by atoms with Crippen LogP contribution in [0.2, 0.25) is 0 Å². The van der Waals surface area contributed by atoms with Crippen LogP contribution in [0.4, 0.5) is 0 Å². The van der Waals surface area contributed by atoms with Crippen LogP contribution in [-0.2, 0) is 6.42 Å². The summed E-state index contributed by atoms with van der Waals surface area (Å²) >= 11 is 0. The van der Waals surface area contributed by atoms with Gasteiger partial charge in [-0.3, -0.25) is 0 Å². The van der Waals surface area contributed by atoms with E-state index in [4.69, 9.17) is 4.74 Å². The number of aromatic amines is 1. The highest BCUT2D eigenvalue weighted by molar-refractivity contribution is 5.29. The second kappa shape index (κ2) is 3.30. The standard InChI is InChI=1S/C8H13NO/c1-3-4-7-5-9-6-8(7)10-2/h5-6,9H,3-4H2,1-2H3. The third-order valence-corrected chi connectivity index (χ3v) is 1.53. The summed E-state index contributed by atoms with van der Waals surface area (Å²) in [7, 11) is 1.70. The van der Waals surface area contributed by atoms with Crippen LogP contribution in [0.15, 0.2) is 12.4 Å². The largest absolute Gasteiger partial charge is 0.495 e. The molecule has 0 unspecified atom stereocenters. The first-order chi connectivity index (χ1) is 4.88. The lowest BCUT2D eigenvalue weighted by Gasteiger charge is -1.98. The Hall–Kier alpha value is -0.920. The second-order valence-corrected chi connectivity index (χ2v) is 2.30. The van der Waals surface area contributed by atoms with E-state index in [0.717, 1.165) is 18.6 Å². The summed E-state index contributed by atoms with van der Waals surface area (Å²) in [4.78, 5) is 3.01. The third-order valence-electron chi connectivity index (χ3n) is 1.53. The summed E-state index contributed by atoms with van der Waals surface area (Å²) < 4.78 is 5.11. The molecular weight excluding hydrogens is 126 g/mol. The summed E-state index contributed by atoms with van der Waals surface area (Å²) in [6.45, 7) is 2.16. The van der Waals surface area contributed by atoms with Crippen molar-refractivity contribution in [1.82, 2.24) is 4.98 Å². The van der Waals surface area contributed by atoms with Gasteiger partial charge in [0.05, 0.1) is 7.11 Å². The number of aromatic nitrogens is 1. The van der Waals surface area contributed by atoms with Crippen molar-refractivity contribution in [1.29, 1.82) is 0 Å². The molecule has 0 atom stereocenters. The van der Waals surface area contributed by atoms with Gasteiger partial charge in [0.25, 0.3) is 0 Å². The molecule has 0 spiro atoms. The van der Waals surface area contributed by atoms with Crippen molar-refractivity contribution in [3.8, 4) is 5.75 Å². The van der Waals surface area contributed by atoms with E-state index in [0.29, 0.717) is 0 Å². The average Bonchev–Trinajstić information content (AvgIpc) is 2.36. The molecule has 56 valence electrons. The van der Waals surface area contributed by atoms with Gasteiger partial charge in [-0.2, -0.15) is 0 Å². The molecule has 0 aliphatic carbocycles. The number of rotatable bonds is 3. The fourth-order valence-electron chi connectivity index (χ4n) is 1.04. The zero-order valence-corrected chi connectivity index (χ0v) is 6.48. The van der Waals surface area contributed by atoms with E-state index in [1.54, 1.807) is 7.11 Å². The molecule has 0 radical (unpaired) electrons. The monoisotopic (exact) mass is 139 g/mol. The average molecular weight is 139 g/mol. The molecule has 0 aliphatic heterocycles. The van der Waals surface area contributed by atoms with Crippen LogP contribution in [0.5, 0.6) is 5.75 Å². The fourth-order valence-corrected chi connectivity index (χ4v) is 1.04. The number of ether oxygens (including phenoxy) is 1. The maximum atomic E-state index is 5.11. The van der Waals surface area contributed by atoms with Crippen LogP contribution in [0.1, 0.15) is 18.9 Å². The Morgan fingerprint density at radius 1 is 1.50 bits per heavy atom. The highest BCUT2D eigenvalue weighted by atomic mass is 16.5. The van der Waals surface area contributed by atoms with Gasteiger partial charge in [0, 0.05) is 18.0 Å². The van der Waals surface area contributed by atoms with Gasteiger partial charge in [0.15, 0.2) is 0 Å². The Bertz CT molecular complexity index is 193. The van der Waals surface area contributed by atoms with Gasteiger partial charge in [0.1, 0.15) is 5.75 Å². The van der Waals surface area contributed by atoms with Crippen molar-refractivity contribution < 1.29 is 4.74 Å². The van der Waals surface area contributed by atoms with E-state index in [1.165, 1.54) is 5.56 Å². The van der Waals surface area contributed by atoms with Gasteiger partial charge in [-0.25, -0.2) is 0 Å². The lowest BCUT2D eigenvalue weighted by Crippen LogP contribution is -1.85. The van der Waals surface area contributed by atoms with Gasteiger partial charge in [0.2, 0.25) is 0 Å². The zero-order chi connectivity index (χ0) is 7.40. The Labute approximate surface area is 61.2 Å². The molecule has 0 aliphatic rings. The van der Waals surface area contributed by atoms with Crippen LogP contribution < -0.4 is 4.74 Å². The molecule has 2 heteroatoms. The second-order valence-electron chi connectivity index (χ2n) is 2.30. The van der Waals surface area contributed by atoms with Crippen LogP contribution in [-0.4, -0.2) is 12.1 Å². The quantitative estimate of drug-likeness (QED) is 0.680.